The lowest BCUT2D eigenvalue weighted by Crippen LogP contribution is -2.66. The number of carbonyl (C=O) groups excluding carboxylic acids is 1. The Morgan fingerprint density at radius 3 is 2.70 bits per heavy atom. The van der Waals surface area contributed by atoms with Crippen LogP contribution in [0.15, 0.2) is 30.3 Å². The number of carbonyl (C=O) groups is 1. The van der Waals surface area contributed by atoms with Crippen LogP contribution in [0.25, 0.3) is 0 Å². The van der Waals surface area contributed by atoms with Crippen molar-refractivity contribution in [1.82, 2.24) is 5.32 Å². The number of amides is 1. The Balaban J connectivity index is 1.76. The molecule has 0 saturated carbocycles. The number of aliphatic hydroxyl groups is 1. The summed E-state index contributed by atoms with van der Waals surface area (Å²) in [6.07, 6.45) is -3.36. The minimum Gasteiger partial charge on any atom is -0.388 e. The molecule has 6 atom stereocenters. The van der Waals surface area contributed by atoms with Gasteiger partial charge in [-0.3, -0.25) is 4.79 Å². The molecular weight excluding hydrogens is 302 g/mol. The molecule has 23 heavy (non-hydrogen) atoms. The first-order valence-corrected chi connectivity index (χ1v) is 7.55. The summed E-state index contributed by atoms with van der Waals surface area (Å²) in [5, 5.41) is 13.3. The Kier molecular flexibility index (Phi) is 4.93. The van der Waals surface area contributed by atoms with Gasteiger partial charge in [0.15, 0.2) is 12.6 Å². The molecule has 0 spiro atoms. The van der Waals surface area contributed by atoms with E-state index in [1.807, 2.05) is 30.3 Å². The highest BCUT2D eigenvalue weighted by Gasteiger charge is 2.49. The zero-order chi connectivity index (χ0) is 16.4. The summed E-state index contributed by atoms with van der Waals surface area (Å²) in [7, 11) is 1.46. The van der Waals surface area contributed by atoms with Gasteiger partial charge in [-0.25, -0.2) is 0 Å². The van der Waals surface area contributed by atoms with E-state index in [1.54, 1.807) is 0 Å². The molecule has 7 heteroatoms. The van der Waals surface area contributed by atoms with E-state index in [0.29, 0.717) is 0 Å². The number of ether oxygens (including phenoxy) is 4. The van der Waals surface area contributed by atoms with Crippen molar-refractivity contribution in [1.29, 1.82) is 0 Å². The SMILES string of the molecule is CO[C@@H]1O[C@@H]2COC(c3ccccc3)O[C@H]2[C@H](O)[C@H]1NC(C)=O. The molecule has 0 aliphatic carbocycles. The van der Waals surface area contributed by atoms with Gasteiger partial charge in [0.25, 0.3) is 0 Å². The number of nitrogens with one attached hydrogen (secondary N) is 1. The molecular formula is C16H21NO6. The molecule has 0 radical (unpaired) electrons. The summed E-state index contributed by atoms with van der Waals surface area (Å²) >= 11 is 0. The molecule has 126 valence electrons. The molecule has 3 rings (SSSR count). The van der Waals surface area contributed by atoms with Crippen LogP contribution in [0, 0.1) is 0 Å². The summed E-state index contributed by atoms with van der Waals surface area (Å²) in [6.45, 7) is 1.65. The van der Waals surface area contributed by atoms with Gasteiger partial charge in [0.1, 0.15) is 24.4 Å². The van der Waals surface area contributed by atoms with E-state index in [-0.39, 0.29) is 12.5 Å². The van der Waals surface area contributed by atoms with E-state index in [1.165, 1.54) is 14.0 Å². The lowest BCUT2D eigenvalue weighted by molar-refractivity contribution is -0.341. The summed E-state index contributed by atoms with van der Waals surface area (Å²) in [6, 6.07) is 8.78. The highest BCUT2D eigenvalue weighted by Crippen LogP contribution is 2.34. The van der Waals surface area contributed by atoms with Crippen molar-refractivity contribution in [2.75, 3.05) is 13.7 Å². The molecule has 2 aliphatic heterocycles. The maximum atomic E-state index is 11.4. The number of benzene rings is 1. The van der Waals surface area contributed by atoms with Crippen molar-refractivity contribution in [3.05, 3.63) is 35.9 Å². The van der Waals surface area contributed by atoms with Crippen LogP contribution in [-0.4, -0.2) is 55.4 Å². The van der Waals surface area contributed by atoms with Crippen LogP contribution < -0.4 is 5.32 Å². The molecule has 2 fully saturated rings. The Morgan fingerprint density at radius 1 is 1.30 bits per heavy atom. The maximum absolute atomic E-state index is 11.4. The fourth-order valence-corrected chi connectivity index (χ4v) is 2.96. The zero-order valence-corrected chi connectivity index (χ0v) is 13.0. The Bertz CT molecular complexity index is 539. The van der Waals surface area contributed by atoms with Crippen LogP contribution in [0.1, 0.15) is 18.8 Å². The first-order chi connectivity index (χ1) is 11.1. The highest BCUT2D eigenvalue weighted by atomic mass is 16.7. The average Bonchev–Trinajstić information content (AvgIpc) is 2.57. The standard InChI is InChI=1S/C16H21NO6/c1-9(18)17-12-13(19)14-11(22-16(12)20-2)8-21-15(23-14)10-6-4-3-5-7-10/h3-7,11-16,19H,8H2,1-2H3,(H,17,18)/t11-,12-,13-,14-,15?,16-/m1/s1. The van der Waals surface area contributed by atoms with Crippen LogP contribution in [-0.2, 0) is 23.7 Å². The molecule has 2 heterocycles. The van der Waals surface area contributed by atoms with E-state index in [0.717, 1.165) is 5.56 Å². The molecule has 2 saturated heterocycles. The van der Waals surface area contributed by atoms with Gasteiger partial charge in [-0.2, -0.15) is 0 Å². The summed E-state index contributed by atoms with van der Waals surface area (Å²) in [4.78, 5) is 11.4. The van der Waals surface area contributed by atoms with Crippen molar-refractivity contribution in [2.24, 2.45) is 0 Å². The predicted octanol–water partition coefficient (Wildman–Crippen LogP) is 0.337. The third kappa shape index (κ3) is 3.39. The molecule has 1 amide bonds. The summed E-state index contributed by atoms with van der Waals surface area (Å²) in [5.74, 6) is -0.273. The molecule has 2 N–H and O–H groups in total. The van der Waals surface area contributed by atoms with Crippen molar-refractivity contribution in [2.45, 2.75) is 43.9 Å². The van der Waals surface area contributed by atoms with Crippen LogP contribution in [0.4, 0.5) is 0 Å². The molecule has 7 nitrogen and oxygen atoms in total. The lowest BCUT2D eigenvalue weighted by Gasteiger charge is -2.47. The minimum absolute atomic E-state index is 0.272. The number of aliphatic hydroxyl groups excluding tert-OH is 1. The van der Waals surface area contributed by atoms with Crippen molar-refractivity contribution in [3.63, 3.8) is 0 Å². The Morgan fingerprint density at radius 2 is 2.04 bits per heavy atom. The second-order valence-electron chi connectivity index (χ2n) is 5.67. The van der Waals surface area contributed by atoms with E-state index in [4.69, 9.17) is 18.9 Å². The second-order valence-corrected chi connectivity index (χ2v) is 5.67. The number of methoxy groups -OCH3 is 1. The van der Waals surface area contributed by atoms with E-state index >= 15 is 0 Å². The van der Waals surface area contributed by atoms with Crippen LogP contribution in [0.3, 0.4) is 0 Å². The third-order valence-electron chi connectivity index (χ3n) is 4.04. The first kappa shape index (κ1) is 16.4. The fourth-order valence-electron chi connectivity index (χ4n) is 2.96. The molecule has 0 aromatic heterocycles. The normalized spacial score (nSPS) is 37.0. The number of fused-ring (bicyclic) bond motifs is 1. The van der Waals surface area contributed by atoms with Crippen LogP contribution in [0.2, 0.25) is 0 Å². The summed E-state index contributed by atoms with van der Waals surface area (Å²) < 4.78 is 22.6. The van der Waals surface area contributed by atoms with Gasteiger partial charge in [0.05, 0.1) is 6.61 Å². The Hall–Kier alpha value is -1.51. The van der Waals surface area contributed by atoms with E-state index < -0.39 is 36.9 Å². The van der Waals surface area contributed by atoms with Crippen molar-refractivity contribution in [3.8, 4) is 0 Å². The first-order valence-electron chi connectivity index (χ1n) is 7.55. The largest absolute Gasteiger partial charge is 0.388 e. The number of hydrogen-bond acceptors (Lipinski definition) is 6. The van der Waals surface area contributed by atoms with Gasteiger partial charge in [0.2, 0.25) is 5.91 Å². The smallest absolute Gasteiger partial charge is 0.217 e. The molecule has 1 aromatic rings. The zero-order valence-electron chi connectivity index (χ0n) is 13.0. The van der Waals surface area contributed by atoms with Gasteiger partial charge in [0, 0.05) is 19.6 Å². The van der Waals surface area contributed by atoms with Gasteiger partial charge in [-0.05, 0) is 0 Å². The van der Waals surface area contributed by atoms with Crippen LogP contribution in [0.5, 0.6) is 0 Å². The van der Waals surface area contributed by atoms with E-state index in [2.05, 4.69) is 5.32 Å². The minimum atomic E-state index is -0.960. The monoisotopic (exact) mass is 323 g/mol. The fraction of sp³-hybridized carbons (Fsp3) is 0.562. The molecule has 1 aromatic carbocycles. The summed E-state index contributed by atoms with van der Waals surface area (Å²) in [5.41, 5.74) is 0.864. The van der Waals surface area contributed by atoms with E-state index in [9.17, 15) is 9.90 Å². The van der Waals surface area contributed by atoms with Gasteiger partial charge in [-0.1, -0.05) is 30.3 Å². The maximum Gasteiger partial charge on any atom is 0.217 e. The predicted molar refractivity (Wildman–Crippen MR) is 79.3 cm³/mol. The van der Waals surface area contributed by atoms with Crippen LogP contribution >= 0.6 is 0 Å². The average molecular weight is 323 g/mol. The van der Waals surface area contributed by atoms with Crippen molar-refractivity contribution < 1.29 is 28.8 Å². The second kappa shape index (κ2) is 6.94. The molecule has 1 unspecified atom stereocenters. The highest BCUT2D eigenvalue weighted by molar-refractivity contribution is 5.73. The quantitative estimate of drug-likeness (QED) is 0.834. The molecule has 2 aliphatic rings. The van der Waals surface area contributed by atoms with Gasteiger partial charge >= 0.3 is 0 Å². The third-order valence-corrected chi connectivity index (χ3v) is 4.04. The Labute approximate surface area is 134 Å². The lowest BCUT2D eigenvalue weighted by atomic mass is 9.95. The molecule has 0 bridgehead atoms. The van der Waals surface area contributed by atoms with Crippen molar-refractivity contribution >= 4 is 5.91 Å². The number of hydrogen-bond donors (Lipinski definition) is 2. The van der Waals surface area contributed by atoms with Gasteiger partial charge in [-0.15, -0.1) is 0 Å². The number of rotatable bonds is 3. The topological polar surface area (TPSA) is 86.2 Å². The van der Waals surface area contributed by atoms with Gasteiger partial charge < -0.3 is 29.4 Å².